The van der Waals surface area contributed by atoms with Crippen LogP contribution >= 0.6 is 0 Å². The number of carbonyl (C=O) groups excluding carboxylic acids is 2. The number of hydrogen-bond donors (Lipinski definition) is 0. The standard InChI is InChI=1S/C72H74O4/c1-69(2)59-39-41-71(69,5)67(65(59)63(49-25-11-7-12-26-49)50-27-13-8-14-28-50)75-61(73)45-57(55-37-35-47-23-19-21-33-53(47)43-55)58(56-38-36-48-24-20-22-34-54(48)44-56)46-62(74)76-68-66(60-40-42-72(68,6)70(60,3)4)64(51-29-15-9-16-30-51)52-31-17-10-18-32-52/h7-38,43-44,57-60,63-68H,39-42,45-46H2,1-6H3/t57-,58-,59+,60+,65-,66-,67+,68+,71-,72-/m0/s1. The Morgan fingerprint density at radius 1 is 0.395 bits per heavy atom. The van der Waals surface area contributed by atoms with Crippen LogP contribution in [-0.4, -0.2) is 24.1 Å². The Kier molecular flexibility index (Phi) is 12.9. The van der Waals surface area contributed by atoms with Crippen molar-refractivity contribution in [3.63, 3.8) is 0 Å². The number of esters is 2. The van der Waals surface area contributed by atoms with Gasteiger partial charge in [0.2, 0.25) is 0 Å². The maximum absolute atomic E-state index is 15.7. The van der Waals surface area contributed by atoms with E-state index in [0.29, 0.717) is 11.8 Å². The molecule has 4 fully saturated rings. The van der Waals surface area contributed by atoms with Crippen LogP contribution in [0.5, 0.6) is 0 Å². The van der Waals surface area contributed by atoms with E-state index in [2.05, 4.69) is 248 Å². The van der Waals surface area contributed by atoms with Crippen LogP contribution < -0.4 is 0 Å². The fraction of sp³-hybridized carbons (Fsp3) is 0.361. The molecule has 8 aromatic carbocycles. The summed E-state index contributed by atoms with van der Waals surface area (Å²) in [5, 5.41) is 4.46. The van der Waals surface area contributed by atoms with E-state index in [1.165, 1.54) is 22.3 Å². The summed E-state index contributed by atoms with van der Waals surface area (Å²) < 4.78 is 14.5. The smallest absolute Gasteiger partial charge is 0.306 e. The van der Waals surface area contributed by atoms with Gasteiger partial charge in [0.1, 0.15) is 12.2 Å². The van der Waals surface area contributed by atoms with Gasteiger partial charge in [0.25, 0.3) is 0 Å². The minimum atomic E-state index is -0.410. The number of carbonyl (C=O) groups is 2. The predicted molar refractivity (Wildman–Crippen MR) is 308 cm³/mol. The fourth-order valence-corrected chi connectivity index (χ4v) is 16.5. The zero-order valence-electron chi connectivity index (χ0n) is 45.3. The molecule has 10 atom stereocenters. The molecule has 8 aromatic rings. The highest BCUT2D eigenvalue weighted by Crippen LogP contribution is 2.73. The summed E-state index contributed by atoms with van der Waals surface area (Å²) in [5.74, 6) is -0.309. The lowest BCUT2D eigenvalue weighted by Gasteiger charge is -2.42. The van der Waals surface area contributed by atoms with Crippen molar-refractivity contribution in [1.82, 2.24) is 0 Å². The zero-order chi connectivity index (χ0) is 52.4. The molecule has 0 amide bonds. The molecule has 0 aromatic heterocycles. The van der Waals surface area contributed by atoms with Crippen molar-refractivity contribution in [2.45, 2.75) is 116 Å². The zero-order valence-corrected chi connectivity index (χ0v) is 45.3. The highest BCUT2D eigenvalue weighted by atomic mass is 16.6. The molecule has 0 N–H and O–H groups in total. The molecule has 0 unspecified atom stereocenters. The van der Waals surface area contributed by atoms with E-state index in [1.807, 2.05) is 0 Å². The Morgan fingerprint density at radius 2 is 0.697 bits per heavy atom. The lowest BCUT2D eigenvalue weighted by molar-refractivity contribution is -0.164. The van der Waals surface area contributed by atoms with Gasteiger partial charge in [-0.25, -0.2) is 0 Å². The third kappa shape index (κ3) is 8.41. The Hall–Kier alpha value is -6.78. The molecule has 0 aliphatic heterocycles. The van der Waals surface area contributed by atoms with E-state index in [1.54, 1.807) is 0 Å². The molecule has 4 heteroatoms. The summed E-state index contributed by atoms with van der Waals surface area (Å²) in [6.45, 7) is 14.4. The first kappa shape index (κ1) is 50.1. The van der Waals surface area contributed by atoms with E-state index >= 15 is 9.59 Å². The molecule has 386 valence electrons. The van der Waals surface area contributed by atoms with Gasteiger partial charge in [-0.05, 0) is 103 Å². The summed E-state index contributed by atoms with van der Waals surface area (Å²) >= 11 is 0. The van der Waals surface area contributed by atoms with E-state index in [9.17, 15) is 0 Å². The van der Waals surface area contributed by atoms with E-state index < -0.39 is 11.8 Å². The topological polar surface area (TPSA) is 52.6 Å². The fourth-order valence-electron chi connectivity index (χ4n) is 16.5. The second-order valence-electron chi connectivity index (χ2n) is 25.0. The summed E-state index contributed by atoms with van der Waals surface area (Å²) in [7, 11) is 0. The molecule has 0 saturated heterocycles. The van der Waals surface area contributed by atoms with Gasteiger partial charge in [-0.15, -0.1) is 0 Å². The van der Waals surface area contributed by atoms with Crippen LogP contribution in [0.1, 0.15) is 137 Å². The first-order chi connectivity index (χ1) is 36.8. The molecule has 4 bridgehead atoms. The minimum Gasteiger partial charge on any atom is -0.461 e. The first-order valence-electron chi connectivity index (χ1n) is 28.3. The summed E-state index contributed by atoms with van der Waals surface area (Å²) in [5.41, 5.74) is 6.44. The third-order valence-electron chi connectivity index (χ3n) is 21.2. The molecule has 0 radical (unpaired) electrons. The average molecular weight is 1000 g/mol. The van der Waals surface area contributed by atoms with Crippen molar-refractivity contribution in [2.75, 3.05) is 0 Å². The minimum absolute atomic E-state index is 0.0490. The first-order valence-corrected chi connectivity index (χ1v) is 28.3. The van der Waals surface area contributed by atoms with Crippen LogP contribution in [-0.2, 0) is 19.1 Å². The number of hydrogen-bond acceptors (Lipinski definition) is 4. The van der Waals surface area contributed by atoms with Crippen molar-refractivity contribution in [2.24, 2.45) is 45.3 Å². The summed E-state index contributed by atoms with van der Waals surface area (Å²) in [6, 6.07) is 73.6. The second kappa shape index (κ2) is 19.7. The van der Waals surface area contributed by atoms with Crippen LogP contribution in [0.3, 0.4) is 0 Å². The highest BCUT2D eigenvalue weighted by Gasteiger charge is 2.70. The SMILES string of the molecule is CC1(C)[C@@H]2CC[C@@]1(C)[C@H](OC(=O)C[C@@H](c1ccc3ccccc3c1)[C@@H](CC(=O)O[C@@H]1[C@H](C(c3ccccc3)c3ccccc3)[C@H]3CC[C@]1(C)C3(C)C)c1ccc3ccccc3c1)[C@@H]2C(c1ccccc1)c1ccccc1. The third-order valence-corrected chi connectivity index (χ3v) is 21.2. The molecular formula is C72H74O4. The van der Waals surface area contributed by atoms with Crippen molar-refractivity contribution >= 4 is 33.5 Å². The molecule has 12 rings (SSSR count). The quantitative estimate of drug-likeness (QED) is 0.0961. The maximum atomic E-state index is 15.7. The second-order valence-corrected chi connectivity index (χ2v) is 25.0. The number of benzene rings is 8. The lowest BCUT2D eigenvalue weighted by atomic mass is 9.68. The van der Waals surface area contributed by atoms with E-state index in [4.69, 9.17) is 9.47 Å². The van der Waals surface area contributed by atoms with Crippen molar-refractivity contribution < 1.29 is 19.1 Å². The Bertz CT molecular complexity index is 3060. The number of ether oxygens (including phenoxy) is 2. The van der Waals surface area contributed by atoms with Gasteiger partial charge < -0.3 is 9.47 Å². The Labute approximate surface area is 451 Å². The van der Waals surface area contributed by atoms with Gasteiger partial charge in [-0.2, -0.15) is 0 Å². The Morgan fingerprint density at radius 3 is 1.03 bits per heavy atom. The normalized spacial score (nSPS) is 26.7. The average Bonchev–Trinajstić information content (AvgIpc) is 4.11. The predicted octanol–water partition coefficient (Wildman–Crippen LogP) is 17.3. The number of fused-ring (bicyclic) bond motifs is 6. The van der Waals surface area contributed by atoms with Gasteiger partial charge in [0.15, 0.2) is 0 Å². The molecule has 76 heavy (non-hydrogen) atoms. The van der Waals surface area contributed by atoms with Crippen LogP contribution in [0.25, 0.3) is 21.5 Å². The van der Waals surface area contributed by atoms with Crippen molar-refractivity contribution in [1.29, 1.82) is 0 Å². The van der Waals surface area contributed by atoms with Crippen LogP contribution in [0.2, 0.25) is 0 Å². The van der Waals surface area contributed by atoms with Crippen LogP contribution in [0, 0.1) is 45.3 Å². The molecule has 4 aliphatic carbocycles. The molecule has 4 nitrogen and oxygen atoms in total. The van der Waals surface area contributed by atoms with Gasteiger partial charge in [0, 0.05) is 46.3 Å². The summed E-state index contributed by atoms with van der Waals surface area (Å²) in [4.78, 5) is 31.4. The monoisotopic (exact) mass is 1000 g/mol. The lowest BCUT2D eigenvalue weighted by Crippen LogP contribution is -2.43. The van der Waals surface area contributed by atoms with Gasteiger partial charge in [0.05, 0.1) is 12.8 Å². The van der Waals surface area contributed by atoms with E-state index in [0.717, 1.165) is 58.4 Å². The van der Waals surface area contributed by atoms with Crippen LogP contribution in [0.15, 0.2) is 206 Å². The van der Waals surface area contributed by atoms with E-state index in [-0.39, 0.29) is 82.3 Å². The van der Waals surface area contributed by atoms with Gasteiger partial charge in [-0.1, -0.05) is 248 Å². The van der Waals surface area contributed by atoms with Crippen molar-refractivity contribution in [3.8, 4) is 0 Å². The molecule has 4 saturated carbocycles. The molecule has 0 spiro atoms. The molecule has 4 aliphatic rings. The largest absolute Gasteiger partial charge is 0.461 e. The maximum Gasteiger partial charge on any atom is 0.306 e. The molecule has 0 heterocycles. The van der Waals surface area contributed by atoms with Crippen molar-refractivity contribution in [3.05, 3.63) is 240 Å². The Balaban J connectivity index is 0.943. The number of rotatable bonds is 15. The van der Waals surface area contributed by atoms with Crippen LogP contribution in [0.4, 0.5) is 0 Å². The summed E-state index contributed by atoms with van der Waals surface area (Å²) in [6.07, 6.45) is 3.78. The highest BCUT2D eigenvalue weighted by molar-refractivity contribution is 5.85. The van der Waals surface area contributed by atoms with Gasteiger partial charge in [-0.3, -0.25) is 9.59 Å². The molecular weight excluding hydrogens is 929 g/mol. The van der Waals surface area contributed by atoms with Gasteiger partial charge >= 0.3 is 11.9 Å².